The quantitative estimate of drug-likeness (QED) is 0.541. The molecule has 6 nitrogen and oxygen atoms in total. The third-order valence-corrected chi connectivity index (χ3v) is 5.26. The molecule has 128 valence electrons. The summed E-state index contributed by atoms with van der Waals surface area (Å²) in [6.07, 6.45) is 0. The van der Waals surface area contributed by atoms with Crippen molar-refractivity contribution in [1.29, 1.82) is 0 Å². The zero-order chi connectivity index (χ0) is 18.0. The van der Waals surface area contributed by atoms with Gasteiger partial charge in [-0.3, -0.25) is 14.9 Å². The SMILES string of the molecule is CC(O)(CNC(=O)c1ccccc1[N+](=O)[O-])c1cc2ccccc2s1. The Hall–Kier alpha value is -2.77. The van der Waals surface area contributed by atoms with Gasteiger partial charge in [0.1, 0.15) is 11.2 Å². The van der Waals surface area contributed by atoms with Gasteiger partial charge in [0, 0.05) is 15.6 Å². The van der Waals surface area contributed by atoms with Crippen LogP contribution in [0.15, 0.2) is 54.6 Å². The van der Waals surface area contributed by atoms with E-state index < -0.39 is 16.4 Å². The predicted molar refractivity (Wildman–Crippen MR) is 96.8 cm³/mol. The number of nitrogens with one attached hydrogen (secondary N) is 1. The van der Waals surface area contributed by atoms with E-state index in [0.717, 1.165) is 15.0 Å². The van der Waals surface area contributed by atoms with Gasteiger partial charge in [-0.2, -0.15) is 0 Å². The number of fused-ring (bicyclic) bond motifs is 1. The number of amides is 1. The highest BCUT2D eigenvalue weighted by atomic mass is 32.1. The van der Waals surface area contributed by atoms with Crippen LogP contribution in [0.4, 0.5) is 5.69 Å². The molecule has 1 atom stereocenters. The Morgan fingerprint density at radius 2 is 1.92 bits per heavy atom. The molecule has 3 rings (SSSR count). The van der Waals surface area contributed by atoms with Crippen LogP contribution in [0.5, 0.6) is 0 Å². The fourth-order valence-electron chi connectivity index (χ4n) is 2.51. The first-order valence-corrected chi connectivity index (χ1v) is 8.43. The number of para-hydroxylation sites is 1. The highest BCUT2D eigenvalue weighted by molar-refractivity contribution is 7.19. The van der Waals surface area contributed by atoms with Crippen LogP contribution in [0.1, 0.15) is 22.2 Å². The number of hydrogen-bond acceptors (Lipinski definition) is 5. The summed E-state index contributed by atoms with van der Waals surface area (Å²) in [6.45, 7) is 1.56. The van der Waals surface area contributed by atoms with Gasteiger partial charge in [0.25, 0.3) is 11.6 Å². The largest absolute Gasteiger partial charge is 0.383 e. The molecule has 0 spiro atoms. The van der Waals surface area contributed by atoms with Crippen LogP contribution in [-0.2, 0) is 5.60 Å². The molecule has 1 amide bonds. The fourth-order valence-corrected chi connectivity index (χ4v) is 3.61. The normalized spacial score (nSPS) is 13.4. The van der Waals surface area contributed by atoms with Crippen molar-refractivity contribution in [2.45, 2.75) is 12.5 Å². The van der Waals surface area contributed by atoms with Crippen molar-refractivity contribution in [1.82, 2.24) is 5.32 Å². The van der Waals surface area contributed by atoms with E-state index in [-0.39, 0.29) is 17.8 Å². The molecule has 0 fully saturated rings. The molecule has 1 unspecified atom stereocenters. The Kier molecular flexibility index (Phi) is 4.52. The predicted octanol–water partition coefficient (Wildman–Crippen LogP) is 3.45. The second-order valence-electron chi connectivity index (χ2n) is 5.88. The Balaban J connectivity index is 1.78. The average Bonchev–Trinajstić information content (AvgIpc) is 3.05. The number of nitro groups is 1. The first kappa shape index (κ1) is 17.1. The number of carbonyl (C=O) groups excluding carboxylic acids is 1. The van der Waals surface area contributed by atoms with Gasteiger partial charge < -0.3 is 10.4 Å². The van der Waals surface area contributed by atoms with Crippen molar-refractivity contribution < 1.29 is 14.8 Å². The molecule has 0 saturated heterocycles. The Bertz CT molecular complexity index is 916. The van der Waals surface area contributed by atoms with Crippen LogP contribution in [0.25, 0.3) is 10.1 Å². The van der Waals surface area contributed by atoms with Gasteiger partial charge >= 0.3 is 0 Å². The van der Waals surface area contributed by atoms with Crippen LogP contribution >= 0.6 is 11.3 Å². The van der Waals surface area contributed by atoms with Crippen LogP contribution in [0.3, 0.4) is 0 Å². The van der Waals surface area contributed by atoms with E-state index in [1.54, 1.807) is 13.0 Å². The second-order valence-corrected chi connectivity index (χ2v) is 6.96. The van der Waals surface area contributed by atoms with Gasteiger partial charge in [-0.1, -0.05) is 30.3 Å². The van der Waals surface area contributed by atoms with Crippen molar-refractivity contribution in [3.05, 3.63) is 75.2 Å². The molecular formula is C18H16N2O4S. The van der Waals surface area contributed by atoms with Crippen LogP contribution in [0, 0.1) is 10.1 Å². The minimum absolute atomic E-state index is 0.0281. The van der Waals surface area contributed by atoms with Crippen molar-refractivity contribution in [2.24, 2.45) is 0 Å². The number of thiophene rings is 1. The highest BCUT2D eigenvalue weighted by Gasteiger charge is 2.27. The summed E-state index contributed by atoms with van der Waals surface area (Å²) >= 11 is 1.45. The molecule has 0 radical (unpaired) electrons. The molecule has 0 aliphatic rings. The summed E-state index contributed by atoms with van der Waals surface area (Å²) in [4.78, 5) is 23.4. The molecule has 1 aromatic heterocycles. The van der Waals surface area contributed by atoms with E-state index >= 15 is 0 Å². The molecule has 0 aliphatic heterocycles. The first-order chi connectivity index (χ1) is 11.9. The maximum atomic E-state index is 12.3. The minimum Gasteiger partial charge on any atom is -0.383 e. The second kappa shape index (κ2) is 6.62. The highest BCUT2D eigenvalue weighted by Crippen LogP contribution is 2.33. The first-order valence-electron chi connectivity index (χ1n) is 7.61. The zero-order valence-corrected chi connectivity index (χ0v) is 14.2. The summed E-state index contributed by atoms with van der Waals surface area (Å²) in [5, 5.41) is 25.4. The zero-order valence-electron chi connectivity index (χ0n) is 13.4. The molecule has 1 heterocycles. The summed E-state index contributed by atoms with van der Waals surface area (Å²) < 4.78 is 1.04. The van der Waals surface area contributed by atoms with Gasteiger partial charge in [0.15, 0.2) is 0 Å². The monoisotopic (exact) mass is 356 g/mol. The lowest BCUT2D eigenvalue weighted by Crippen LogP contribution is -2.38. The molecule has 2 aromatic carbocycles. The van der Waals surface area contributed by atoms with E-state index in [1.165, 1.54) is 29.5 Å². The summed E-state index contributed by atoms with van der Waals surface area (Å²) in [5.41, 5.74) is -1.57. The molecular weight excluding hydrogens is 340 g/mol. The number of carbonyl (C=O) groups is 1. The molecule has 25 heavy (non-hydrogen) atoms. The molecule has 3 aromatic rings. The molecule has 2 N–H and O–H groups in total. The van der Waals surface area contributed by atoms with Crippen LogP contribution in [0.2, 0.25) is 0 Å². The third-order valence-electron chi connectivity index (χ3n) is 3.89. The third kappa shape index (κ3) is 3.52. The van der Waals surface area contributed by atoms with Crippen LogP contribution in [-0.4, -0.2) is 22.5 Å². The van der Waals surface area contributed by atoms with Gasteiger partial charge in [-0.05, 0) is 30.5 Å². The van der Waals surface area contributed by atoms with E-state index in [9.17, 15) is 20.0 Å². The molecule has 0 saturated carbocycles. The fraction of sp³-hybridized carbons (Fsp3) is 0.167. The average molecular weight is 356 g/mol. The number of hydrogen-bond donors (Lipinski definition) is 2. The summed E-state index contributed by atoms with van der Waals surface area (Å²) in [6, 6.07) is 15.4. The van der Waals surface area contributed by atoms with Crippen molar-refractivity contribution in [3.63, 3.8) is 0 Å². The van der Waals surface area contributed by atoms with Crippen molar-refractivity contribution in [3.8, 4) is 0 Å². The van der Waals surface area contributed by atoms with Gasteiger partial charge in [0.05, 0.1) is 11.5 Å². The number of nitrogens with zero attached hydrogens (tertiary/aromatic N) is 1. The number of benzene rings is 2. The van der Waals surface area contributed by atoms with E-state index in [0.29, 0.717) is 0 Å². The van der Waals surface area contributed by atoms with Crippen molar-refractivity contribution in [2.75, 3.05) is 6.54 Å². The van der Waals surface area contributed by atoms with E-state index in [4.69, 9.17) is 0 Å². The van der Waals surface area contributed by atoms with Gasteiger partial charge in [-0.25, -0.2) is 0 Å². The maximum Gasteiger partial charge on any atom is 0.282 e. The summed E-state index contributed by atoms with van der Waals surface area (Å²) in [7, 11) is 0. The Labute approximate surface area is 147 Å². The van der Waals surface area contributed by atoms with Gasteiger partial charge in [0.2, 0.25) is 0 Å². The number of rotatable bonds is 5. The topological polar surface area (TPSA) is 92.5 Å². The Morgan fingerprint density at radius 1 is 1.24 bits per heavy atom. The summed E-state index contributed by atoms with van der Waals surface area (Å²) in [5.74, 6) is -0.589. The number of nitro benzene ring substituents is 1. The smallest absolute Gasteiger partial charge is 0.282 e. The lowest BCUT2D eigenvalue weighted by molar-refractivity contribution is -0.385. The van der Waals surface area contributed by atoms with E-state index in [2.05, 4.69) is 5.32 Å². The lowest BCUT2D eigenvalue weighted by Gasteiger charge is -2.22. The molecule has 0 bridgehead atoms. The molecule has 7 heteroatoms. The Morgan fingerprint density at radius 3 is 2.64 bits per heavy atom. The van der Waals surface area contributed by atoms with E-state index in [1.807, 2.05) is 30.3 Å². The van der Waals surface area contributed by atoms with Crippen LogP contribution < -0.4 is 5.32 Å². The molecule has 0 aliphatic carbocycles. The standard InChI is InChI=1S/C18H16N2O4S/c1-18(22,16-10-12-6-2-5-9-15(12)25-16)11-19-17(21)13-7-3-4-8-14(13)20(23)24/h2-10,22H,11H2,1H3,(H,19,21). The minimum atomic E-state index is -1.27. The van der Waals surface area contributed by atoms with Gasteiger partial charge in [-0.15, -0.1) is 11.3 Å². The van der Waals surface area contributed by atoms with Crippen molar-refractivity contribution >= 4 is 33.0 Å². The maximum absolute atomic E-state index is 12.3. The number of aliphatic hydroxyl groups is 1. The lowest BCUT2D eigenvalue weighted by atomic mass is 10.0.